The van der Waals surface area contributed by atoms with Crippen molar-refractivity contribution in [1.29, 1.82) is 0 Å². The van der Waals surface area contributed by atoms with E-state index in [9.17, 15) is 0 Å². The molecule has 304 valence electrons. The van der Waals surface area contributed by atoms with Gasteiger partial charge in [0.15, 0.2) is 8.07 Å². The second-order valence-corrected chi connectivity index (χ2v) is 23.1. The molecule has 10 aromatic carbocycles. The Morgan fingerprint density at radius 3 is 1.62 bits per heavy atom. The number of nitrogens with zero attached hydrogens (tertiary/aromatic N) is 2. The number of benzene rings is 10. The number of thiophene rings is 2. The molecule has 0 aliphatic carbocycles. The van der Waals surface area contributed by atoms with Crippen LogP contribution in [0, 0.1) is 0 Å². The number of fused-ring (bicyclic) bond motifs is 12. The summed E-state index contributed by atoms with van der Waals surface area (Å²) in [5, 5.41) is 15.9. The Hall–Kier alpha value is -7.54. The van der Waals surface area contributed by atoms with Crippen molar-refractivity contribution in [3.8, 4) is 11.4 Å². The Morgan fingerprint density at radius 1 is 0.308 bits per heavy atom. The highest BCUT2D eigenvalue weighted by Crippen LogP contribution is 2.42. The van der Waals surface area contributed by atoms with Gasteiger partial charge in [-0.3, -0.25) is 0 Å². The summed E-state index contributed by atoms with van der Waals surface area (Å²) in [7, 11) is -3.02. The van der Waals surface area contributed by atoms with Crippen LogP contribution in [0.4, 0.5) is 0 Å². The molecule has 0 atom stereocenters. The summed E-state index contributed by atoms with van der Waals surface area (Å²) in [5.41, 5.74) is 7.19. The maximum Gasteiger partial charge on any atom is 0.180 e. The third-order valence-corrected chi connectivity index (χ3v) is 21.0. The molecule has 0 N–H and O–H groups in total. The smallest absolute Gasteiger partial charge is 0.180 e. The number of para-hydroxylation sites is 2. The molecule has 4 heterocycles. The van der Waals surface area contributed by atoms with Gasteiger partial charge in [0, 0.05) is 62.9 Å². The van der Waals surface area contributed by atoms with Crippen molar-refractivity contribution < 1.29 is 0 Å². The number of hydrogen-bond donors (Lipinski definition) is 0. The summed E-state index contributed by atoms with van der Waals surface area (Å²) in [4.78, 5) is 0. The quantitative estimate of drug-likeness (QED) is 0.116. The van der Waals surface area contributed by atoms with Gasteiger partial charge in [-0.1, -0.05) is 176 Å². The van der Waals surface area contributed by atoms with Crippen LogP contribution >= 0.6 is 22.7 Å². The molecule has 14 rings (SSSR count). The van der Waals surface area contributed by atoms with Gasteiger partial charge in [-0.05, 0) is 75.3 Å². The highest BCUT2D eigenvalue weighted by molar-refractivity contribution is 7.26. The normalized spacial score (nSPS) is 12.3. The minimum atomic E-state index is -3.02. The summed E-state index contributed by atoms with van der Waals surface area (Å²) in [5.74, 6) is 0. The molecule has 0 aliphatic heterocycles. The van der Waals surface area contributed by atoms with Crippen LogP contribution in [0.2, 0.25) is 0 Å². The fourth-order valence-corrected chi connectivity index (χ4v) is 18.5. The largest absolute Gasteiger partial charge is 0.309 e. The lowest BCUT2D eigenvalue weighted by atomic mass is 10.1. The molecule has 2 nitrogen and oxygen atoms in total. The second kappa shape index (κ2) is 14.2. The molecule has 0 aliphatic rings. The molecule has 0 bridgehead atoms. The van der Waals surface area contributed by atoms with Crippen LogP contribution < -0.4 is 20.7 Å². The summed E-state index contributed by atoms with van der Waals surface area (Å²) >= 11 is 3.77. The van der Waals surface area contributed by atoms with E-state index in [4.69, 9.17) is 0 Å². The second-order valence-electron chi connectivity index (χ2n) is 17.1. The van der Waals surface area contributed by atoms with Crippen molar-refractivity contribution in [1.82, 2.24) is 9.13 Å². The van der Waals surface area contributed by atoms with E-state index >= 15 is 0 Å². The lowest BCUT2D eigenvalue weighted by Crippen LogP contribution is -2.74. The first kappa shape index (κ1) is 36.9. The molecular weight excluding hydrogens is 841 g/mol. The molecule has 0 radical (unpaired) electrons. The molecule has 5 heteroatoms. The van der Waals surface area contributed by atoms with Crippen molar-refractivity contribution in [2.24, 2.45) is 0 Å². The zero-order valence-corrected chi connectivity index (χ0v) is 37.8. The molecule has 0 fully saturated rings. The molecule has 0 unspecified atom stereocenters. The molecule has 65 heavy (non-hydrogen) atoms. The number of hydrogen-bond acceptors (Lipinski definition) is 2. The van der Waals surface area contributed by atoms with Gasteiger partial charge in [0.25, 0.3) is 0 Å². The maximum atomic E-state index is 2.54. The van der Waals surface area contributed by atoms with Crippen molar-refractivity contribution in [3.63, 3.8) is 0 Å². The Bertz CT molecular complexity index is 4150. The van der Waals surface area contributed by atoms with Gasteiger partial charge >= 0.3 is 0 Å². The predicted octanol–water partition coefficient (Wildman–Crippen LogP) is 14.0. The molecular formula is C60H38N2S2Si. The average molecular weight is 879 g/mol. The molecule has 0 saturated carbocycles. The summed E-state index contributed by atoms with van der Waals surface area (Å²) in [6, 6.07) is 86.9. The van der Waals surface area contributed by atoms with Gasteiger partial charge in [0.05, 0.1) is 32.5 Å². The van der Waals surface area contributed by atoms with Crippen LogP contribution in [0.5, 0.6) is 0 Å². The zero-order valence-electron chi connectivity index (χ0n) is 35.2. The first-order valence-corrected chi connectivity index (χ1v) is 25.9. The first-order valence-electron chi connectivity index (χ1n) is 22.3. The highest BCUT2D eigenvalue weighted by atomic mass is 32.1. The SMILES string of the molecule is c1ccc([Si](c2ccccc2)(c2ccc3sc4ccccc4c3c2)c2cccc3c2c2ccccc2n3-c2ccc3c4ccccc4n(-c4cccc5c4sc4ccccc45)c3c2)cc1. The van der Waals surface area contributed by atoms with Crippen LogP contribution in [-0.4, -0.2) is 17.2 Å². The van der Waals surface area contributed by atoms with E-state index < -0.39 is 8.07 Å². The van der Waals surface area contributed by atoms with Gasteiger partial charge < -0.3 is 9.13 Å². The minimum absolute atomic E-state index is 1.14. The van der Waals surface area contributed by atoms with Gasteiger partial charge in [-0.15, -0.1) is 22.7 Å². The zero-order chi connectivity index (χ0) is 42.6. The van der Waals surface area contributed by atoms with E-state index in [1.807, 2.05) is 22.7 Å². The Morgan fingerprint density at radius 2 is 0.862 bits per heavy atom. The van der Waals surface area contributed by atoms with E-state index in [0.717, 1.165) is 5.69 Å². The lowest BCUT2D eigenvalue weighted by molar-refractivity contribution is 1.16. The molecule has 0 saturated heterocycles. The Balaban J connectivity index is 1.08. The summed E-state index contributed by atoms with van der Waals surface area (Å²) in [6.07, 6.45) is 0. The molecule has 14 aromatic rings. The third kappa shape index (κ3) is 5.26. The monoisotopic (exact) mass is 878 g/mol. The lowest BCUT2D eigenvalue weighted by Gasteiger charge is -2.35. The fourth-order valence-electron chi connectivity index (χ4n) is 11.2. The van der Waals surface area contributed by atoms with Crippen molar-refractivity contribution >= 4 is 135 Å². The topological polar surface area (TPSA) is 9.86 Å². The Labute approximate surface area is 384 Å². The van der Waals surface area contributed by atoms with Gasteiger partial charge in [-0.2, -0.15) is 0 Å². The molecule has 0 spiro atoms. The van der Waals surface area contributed by atoms with E-state index in [1.165, 1.54) is 110 Å². The van der Waals surface area contributed by atoms with Gasteiger partial charge in [0.2, 0.25) is 0 Å². The van der Waals surface area contributed by atoms with Crippen LogP contribution in [0.15, 0.2) is 231 Å². The molecule has 0 amide bonds. The van der Waals surface area contributed by atoms with Gasteiger partial charge in [-0.25, -0.2) is 0 Å². The Kier molecular flexibility index (Phi) is 8.08. The standard InChI is InChI=1S/C60H38N2S2Si/c1-3-17-40(18-4-1)65(41-19-5-2-6-20-41,42-34-36-57-49(38-42)46-23-10-13-30-55(46)63-57)58-32-16-28-52-59(58)48-24-8-12-27-51(48)61(52)39-33-35-44-43-21-7-11-26-50(43)62(54(44)37-39)53-29-15-25-47-45-22-9-14-31-56(45)64-60(47)53/h1-38H. The van der Waals surface area contributed by atoms with Crippen molar-refractivity contribution in [2.75, 3.05) is 0 Å². The van der Waals surface area contributed by atoms with Crippen LogP contribution in [0.25, 0.3) is 95.3 Å². The predicted molar refractivity (Wildman–Crippen MR) is 285 cm³/mol. The average Bonchev–Trinajstić information content (AvgIpc) is 4.13. The van der Waals surface area contributed by atoms with E-state index in [-0.39, 0.29) is 0 Å². The highest BCUT2D eigenvalue weighted by Gasteiger charge is 2.43. The summed E-state index contributed by atoms with van der Waals surface area (Å²) < 4.78 is 10.3. The fraction of sp³-hybridized carbons (Fsp3) is 0. The van der Waals surface area contributed by atoms with E-state index in [2.05, 4.69) is 240 Å². The van der Waals surface area contributed by atoms with Crippen LogP contribution in [-0.2, 0) is 0 Å². The van der Waals surface area contributed by atoms with E-state index in [1.54, 1.807) is 0 Å². The summed E-state index contributed by atoms with van der Waals surface area (Å²) in [6.45, 7) is 0. The first-order chi connectivity index (χ1) is 32.3. The van der Waals surface area contributed by atoms with Crippen LogP contribution in [0.1, 0.15) is 0 Å². The number of rotatable bonds is 6. The van der Waals surface area contributed by atoms with Crippen molar-refractivity contribution in [2.45, 2.75) is 0 Å². The third-order valence-electron chi connectivity index (χ3n) is 13.9. The molecule has 4 aromatic heterocycles. The number of aromatic nitrogens is 2. The van der Waals surface area contributed by atoms with Crippen LogP contribution in [0.3, 0.4) is 0 Å². The minimum Gasteiger partial charge on any atom is -0.309 e. The van der Waals surface area contributed by atoms with E-state index in [0.29, 0.717) is 0 Å². The van der Waals surface area contributed by atoms with Gasteiger partial charge in [0.1, 0.15) is 0 Å². The maximum absolute atomic E-state index is 3.02. The van der Waals surface area contributed by atoms with Crippen molar-refractivity contribution in [3.05, 3.63) is 231 Å².